The standard InChI is InChI=1S/C20H29N/c1-16(2)15-21-14-8-4-5-9-18-13-12-17(3)19-10-6-7-11-20(18)19/h6-7,10-13,16,21H,4-5,8-9,14-15H2,1-3H3. The second-order valence-corrected chi connectivity index (χ2v) is 6.50. The summed E-state index contributed by atoms with van der Waals surface area (Å²) in [5.41, 5.74) is 2.89. The lowest BCUT2D eigenvalue weighted by molar-refractivity contribution is 0.530. The highest BCUT2D eigenvalue weighted by Gasteiger charge is 2.03. The van der Waals surface area contributed by atoms with Crippen LogP contribution in [0.4, 0.5) is 0 Å². The summed E-state index contributed by atoms with van der Waals surface area (Å²) < 4.78 is 0. The second kappa shape index (κ2) is 8.19. The Morgan fingerprint density at radius 1 is 0.905 bits per heavy atom. The van der Waals surface area contributed by atoms with Gasteiger partial charge in [0.05, 0.1) is 0 Å². The Morgan fingerprint density at radius 3 is 2.43 bits per heavy atom. The van der Waals surface area contributed by atoms with Gasteiger partial charge in [0.1, 0.15) is 0 Å². The molecule has 0 radical (unpaired) electrons. The van der Waals surface area contributed by atoms with E-state index in [-0.39, 0.29) is 0 Å². The molecule has 2 aromatic carbocycles. The molecule has 0 saturated heterocycles. The van der Waals surface area contributed by atoms with E-state index in [2.05, 4.69) is 62.5 Å². The van der Waals surface area contributed by atoms with E-state index in [1.807, 2.05) is 0 Å². The maximum absolute atomic E-state index is 3.52. The van der Waals surface area contributed by atoms with Crippen molar-refractivity contribution in [3.05, 3.63) is 47.5 Å². The Morgan fingerprint density at radius 2 is 1.67 bits per heavy atom. The minimum absolute atomic E-state index is 0.754. The van der Waals surface area contributed by atoms with Crippen LogP contribution in [0.2, 0.25) is 0 Å². The van der Waals surface area contributed by atoms with Crippen LogP contribution in [0.3, 0.4) is 0 Å². The van der Waals surface area contributed by atoms with E-state index in [0.29, 0.717) is 0 Å². The van der Waals surface area contributed by atoms with Crippen molar-refractivity contribution in [2.24, 2.45) is 5.92 Å². The van der Waals surface area contributed by atoms with Crippen molar-refractivity contribution in [2.75, 3.05) is 13.1 Å². The summed E-state index contributed by atoms with van der Waals surface area (Å²) in [5, 5.41) is 6.37. The maximum atomic E-state index is 3.52. The van der Waals surface area contributed by atoms with Gasteiger partial charge >= 0.3 is 0 Å². The van der Waals surface area contributed by atoms with Crippen LogP contribution < -0.4 is 5.32 Å². The summed E-state index contributed by atoms with van der Waals surface area (Å²) >= 11 is 0. The number of rotatable bonds is 8. The summed E-state index contributed by atoms with van der Waals surface area (Å²) in [4.78, 5) is 0. The van der Waals surface area contributed by atoms with E-state index in [1.165, 1.54) is 47.6 Å². The van der Waals surface area contributed by atoms with Crippen LogP contribution in [0.5, 0.6) is 0 Å². The van der Waals surface area contributed by atoms with Crippen LogP contribution in [-0.2, 0) is 6.42 Å². The molecule has 0 aliphatic rings. The molecule has 0 spiro atoms. The van der Waals surface area contributed by atoms with Crippen molar-refractivity contribution >= 4 is 10.8 Å². The number of hydrogen-bond acceptors (Lipinski definition) is 1. The van der Waals surface area contributed by atoms with Gasteiger partial charge < -0.3 is 5.32 Å². The predicted octanol–water partition coefficient (Wildman–Crippen LogP) is 5.11. The van der Waals surface area contributed by atoms with Crippen molar-refractivity contribution in [3.63, 3.8) is 0 Å². The molecule has 0 bridgehead atoms. The first-order valence-electron chi connectivity index (χ1n) is 8.36. The molecule has 114 valence electrons. The van der Waals surface area contributed by atoms with Crippen LogP contribution in [0.25, 0.3) is 10.8 Å². The summed E-state index contributed by atoms with van der Waals surface area (Å²) in [6.45, 7) is 9.02. The fraction of sp³-hybridized carbons (Fsp3) is 0.500. The molecule has 0 aliphatic heterocycles. The second-order valence-electron chi connectivity index (χ2n) is 6.50. The molecule has 0 atom stereocenters. The monoisotopic (exact) mass is 283 g/mol. The summed E-state index contributed by atoms with van der Waals surface area (Å²) in [6, 6.07) is 13.4. The molecule has 0 heterocycles. The van der Waals surface area contributed by atoms with Gasteiger partial charge in [-0.1, -0.05) is 56.7 Å². The minimum Gasteiger partial charge on any atom is -0.316 e. The molecular weight excluding hydrogens is 254 g/mol. The smallest absolute Gasteiger partial charge is 0.00258 e. The average Bonchev–Trinajstić information content (AvgIpc) is 2.48. The highest BCUT2D eigenvalue weighted by Crippen LogP contribution is 2.23. The third-order valence-electron chi connectivity index (χ3n) is 4.08. The van der Waals surface area contributed by atoms with E-state index in [4.69, 9.17) is 0 Å². The van der Waals surface area contributed by atoms with Crippen molar-refractivity contribution in [3.8, 4) is 0 Å². The molecule has 0 fully saturated rings. The Bertz CT molecular complexity index is 557. The SMILES string of the molecule is Cc1ccc(CCCCCNCC(C)C)c2ccccc12. The topological polar surface area (TPSA) is 12.0 Å². The van der Waals surface area contributed by atoms with Gasteiger partial charge in [-0.15, -0.1) is 0 Å². The number of benzene rings is 2. The lowest BCUT2D eigenvalue weighted by Gasteiger charge is -2.10. The van der Waals surface area contributed by atoms with Crippen LogP contribution in [-0.4, -0.2) is 13.1 Å². The number of nitrogens with one attached hydrogen (secondary N) is 1. The van der Waals surface area contributed by atoms with Gasteiger partial charge in [-0.3, -0.25) is 0 Å². The van der Waals surface area contributed by atoms with E-state index >= 15 is 0 Å². The van der Waals surface area contributed by atoms with Gasteiger partial charge in [0.25, 0.3) is 0 Å². The van der Waals surface area contributed by atoms with Crippen molar-refractivity contribution in [1.82, 2.24) is 5.32 Å². The Labute approximate surface area is 129 Å². The number of fused-ring (bicyclic) bond motifs is 1. The molecule has 0 saturated carbocycles. The maximum Gasteiger partial charge on any atom is -0.00258 e. The van der Waals surface area contributed by atoms with Gasteiger partial charge in [-0.05, 0) is 67.1 Å². The normalized spacial score (nSPS) is 11.4. The predicted molar refractivity (Wildman–Crippen MR) is 93.9 cm³/mol. The van der Waals surface area contributed by atoms with Crippen LogP contribution in [0.15, 0.2) is 36.4 Å². The van der Waals surface area contributed by atoms with Crippen LogP contribution in [0, 0.1) is 12.8 Å². The molecule has 0 aliphatic carbocycles. The van der Waals surface area contributed by atoms with Crippen molar-refractivity contribution in [1.29, 1.82) is 0 Å². The number of unbranched alkanes of at least 4 members (excludes halogenated alkanes) is 2. The van der Waals surface area contributed by atoms with Crippen molar-refractivity contribution < 1.29 is 0 Å². The molecule has 1 nitrogen and oxygen atoms in total. The average molecular weight is 283 g/mol. The zero-order valence-corrected chi connectivity index (χ0v) is 13.8. The lowest BCUT2D eigenvalue weighted by atomic mass is 9.97. The fourth-order valence-electron chi connectivity index (χ4n) is 2.86. The van der Waals surface area contributed by atoms with E-state index in [0.717, 1.165) is 19.0 Å². The van der Waals surface area contributed by atoms with Gasteiger partial charge in [0, 0.05) is 0 Å². The third kappa shape index (κ3) is 4.86. The molecule has 2 aromatic rings. The van der Waals surface area contributed by atoms with Gasteiger partial charge in [-0.2, -0.15) is 0 Å². The Hall–Kier alpha value is -1.34. The third-order valence-corrected chi connectivity index (χ3v) is 4.08. The number of aryl methyl sites for hydroxylation is 2. The Balaban J connectivity index is 1.80. The summed E-state index contributed by atoms with van der Waals surface area (Å²) in [7, 11) is 0. The number of hydrogen-bond donors (Lipinski definition) is 1. The molecule has 0 unspecified atom stereocenters. The zero-order valence-electron chi connectivity index (χ0n) is 13.8. The summed E-state index contributed by atoms with van der Waals surface area (Å²) in [6.07, 6.45) is 5.09. The molecule has 0 amide bonds. The fourth-order valence-corrected chi connectivity index (χ4v) is 2.86. The molecular formula is C20H29N. The Kier molecular flexibility index (Phi) is 6.25. The molecule has 0 aromatic heterocycles. The first kappa shape index (κ1) is 16.0. The first-order chi connectivity index (χ1) is 10.2. The molecule has 2 rings (SSSR count). The molecule has 1 heteroatoms. The highest BCUT2D eigenvalue weighted by molar-refractivity contribution is 5.88. The first-order valence-corrected chi connectivity index (χ1v) is 8.36. The van der Waals surface area contributed by atoms with E-state index in [1.54, 1.807) is 0 Å². The van der Waals surface area contributed by atoms with Crippen LogP contribution >= 0.6 is 0 Å². The minimum atomic E-state index is 0.754. The van der Waals surface area contributed by atoms with E-state index < -0.39 is 0 Å². The zero-order chi connectivity index (χ0) is 15.1. The molecule has 1 N–H and O–H groups in total. The van der Waals surface area contributed by atoms with Gasteiger partial charge in [0.15, 0.2) is 0 Å². The van der Waals surface area contributed by atoms with Gasteiger partial charge in [0.2, 0.25) is 0 Å². The quantitative estimate of drug-likeness (QED) is 0.664. The largest absolute Gasteiger partial charge is 0.316 e. The lowest BCUT2D eigenvalue weighted by Crippen LogP contribution is -2.20. The summed E-state index contributed by atoms with van der Waals surface area (Å²) in [5.74, 6) is 0.754. The van der Waals surface area contributed by atoms with Crippen LogP contribution in [0.1, 0.15) is 44.2 Å². The molecule has 21 heavy (non-hydrogen) atoms. The van der Waals surface area contributed by atoms with E-state index in [9.17, 15) is 0 Å². The highest BCUT2D eigenvalue weighted by atomic mass is 14.8. The van der Waals surface area contributed by atoms with Crippen molar-refractivity contribution in [2.45, 2.75) is 46.5 Å². The van der Waals surface area contributed by atoms with Gasteiger partial charge in [-0.25, -0.2) is 0 Å².